The number of anilines is 1. The molecule has 2 heterocycles. The van der Waals surface area contributed by atoms with Crippen LogP contribution in [0.4, 0.5) is 5.69 Å². The lowest BCUT2D eigenvalue weighted by atomic mass is 9.98. The molecule has 8 nitrogen and oxygen atoms in total. The first-order chi connectivity index (χ1) is 15.1. The molecule has 1 N–H and O–H groups in total. The number of nitrogens with zero attached hydrogens (tertiary/aromatic N) is 2. The molecule has 1 aliphatic rings. The van der Waals surface area contributed by atoms with Gasteiger partial charge < -0.3 is 10.1 Å². The molecular weight excluding hydrogens is 430 g/mol. The van der Waals surface area contributed by atoms with Crippen LogP contribution < -0.4 is 5.32 Å². The average Bonchev–Trinajstić information content (AvgIpc) is 2.76. The van der Waals surface area contributed by atoms with Crippen LogP contribution in [0.1, 0.15) is 36.5 Å². The molecule has 1 amide bonds. The zero-order valence-corrected chi connectivity index (χ0v) is 19.6. The Morgan fingerprint density at radius 3 is 2.34 bits per heavy atom. The summed E-state index contributed by atoms with van der Waals surface area (Å²) in [7, 11) is -3.64. The molecule has 1 aromatic heterocycles. The van der Waals surface area contributed by atoms with Crippen LogP contribution in [0.3, 0.4) is 0 Å². The molecule has 32 heavy (non-hydrogen) atoms. The Balaban J connectivity index is 1.55. The predicted octanol–water partition coefficient (Wildman–Crippen LogP) is 2.98. The number of sulfonamides is 1. The summed E-state index contributed by atoms with van der Waals surface area (Å²) in [4.78, 5) is 29.2. The third-order valence-corrected chi connectivity index (χ3v) is 7.53. The van der Waals surface area contributed by atoms with Gasteiger partial charge in [0.15, 0.2) is 6.10 Å². The minimum Gasteiger partial charge on any atom is -0.452 e. The number of nitrogens with one attached hydrogen (secondary N) is 1. The number of pyridine rings is 1. The van der Waals surface area contributed by atoms with Gasteiger partial charge in [0.2, 0.25) is 10.0 Å². The van der Waals surface area contributed by atoms with Gasteiger partial charge >= 0.3 is 5.97 Å². The number of piperidine rings is 1. The highest BCUT2D eigenvalue weighted by Gasteiger charge is 2.34. The maximum Gasteiger partial charge on any atom is 0.309 e. The molecule has 9 heteroatoms. The Morgan fingerprint density at radius 1 is 1.16 bits per heavy atom. The van der Waals surface area contributed by atoms with Crippen molar-refractivity contribution in [1.29, 1.82) is 0 Å². The highest BCUT2D eigenvalue weighted by Crippen LogP contribution is 2.25. The normalized spacial score (nSPS) is 16.4. The number of benzene rings is 1. The Kier molecular flexibility index (Phi) is 7.30. The van der Waals surface area contributed by atoms with Crippen LogP contribution >= 0.6 is 0 Å². The molecule has 1 unspecified atom stereocenters. The van der Waals surface area contributed by atoms with Gasteiger partial charge in [-0.2, -0.15) is 4.31 Å². The Bertz CT molecular complexity index is 1070. The fourth-order valence-electron chi connectivity index (χ4n) is 3.91. The number of hydrogen-bond donors (Lipinski definition) is 1. The zero-order valence-electron chi connectivity index (χ0n) is 18.8. The molecule has 2 aromatic rings. The second-order valence-corrected chi connectivity index (χ2v) is 10.1. The van der Waals surface area contributed by atoms with Crippen molar-refractivity contribution in [2.24, 2.45) is 5.92 Å². The van der Waals surface area contributed by atoms with Gasteiger partial charge in [0.05, 0.1) is 5.92 Å². The van der Waals surface area contributed by atoms with Crippen LogP contribution in [0.2, 0.25) is 0 Å². The summed E-state index contributed by atoms with van der Waals surface area (Å²) in [5.74, 6) is -1.33. The van der Waals surface area contributed by atoms with Gasteiger partial charge in [0.25, 0.3) is 5.91 Å². The number of amides is 1. The highest BCUT2D eigenvalue weighted by molar-refractivity contribution is 7.89. The third-order valence-electron chi connectivity index (χ3n) is 5.65. The molecule has 0 saturated carbocycles. The number of carbonyl (C=O) groups excluding carboxylic acids is 2. The van der Waals surface area contributed by atoms with Crippen LogP contribution in [0.15, 0.2) is 41.6 Å². The van der Waals surface area contributed by atoms with Crippen molar-refractivity contribution in [2.75, 3.05) is 18.4 Å². The highest BCUT2D eigenvalue weighted by atomic mass is 32.2. The summed E-state index contributed by atoms with van der Waals surface area (Å²) in [5, 5.41) is 2.85. The monoisotopic (exact) mass is 459 g/mol. The molecule has 0 bridgehead atoms. The van der Waals surface area contributed by atoms with Gasteiger partial charge in [-0.15, -0.1) is 0 Å². The van der Waals surface area contributed by atoms with Gasteiger partial charge in [0.1, 0.15) is 4.90 Å². The minimum absolute atomic E-state index is 0.132. The molecule has 1 aromatic carbocycles. The topological polar surface area (TPSA) is 106 Å². The van der Waals surface area contributed by atoms with Crippen molar-refractivity contribution in [3.63, 3.8) is 0 Å². The van der Waals surface area contributed by atoms with E-state index in [2.05, 4.69) is 10.3 Å². The van der Waals surface area contributed by atoms with Gasteiger partial charge in [-0.25, -0.2) is 8.42 Å². The van der Waals surface area contributed by atoms with Crippen LogP contribution in [0.5, 0.6) is 0 Å². The van der Waals surface area contributed by atoms with E-state index >= 15 is 0 Å². The molecule has 172 valence electrons. The van der Waals surface area contributed by atoms with Crippen LogP contribution in [-0.4, -0.2) is 48.8 Å². The Labute approximate surface area is 189 Å². The number of aromatic nitrogens is 1. The molecule has 1 aliphatic heterocycles. The Hall–Kier alpha value is -2.78. The molecule has 1 saturated heterocycles. The molecule has 0 radical (unpaired) electrons. The molecule has 0 aliphatic carbocycles. The lowest BCUT2D eigenvalue weighted by molar-refractivity contribution is -0.158. The molecule has 0 spiro atoms. The average molecular weight is 460 g/mol. The van der Waals surface area contributed by atoms with E-state index in [0.29, 0.717) is 12.8 Å². The first-order valence-electron chi connectivity index (χ1n) is 10.6. The lowest BCUT2D eigenvalue weighted by Crippen LogP contribution is -2.41. The van der Waals surface area contributed by atoms with Gasteiger partial charge in [0, 0.05) is 31.2 Å². The second kappa shape index (κ2) is 9.79. The van der Waals surface area contributed by atoms with Gasteiger partial charge in [-0.1, -0.05) is 17.7 Å². The first-order valence-corrected chi connectivity index (χ1v) is 12.0. The van der Waals surface area contributed by atoms with Gasteiger partial charge in [-0.05, 0) is 63.8 Å². The Morgan fingerprint density at radius 2 is 1.78 bits per heavy atom. The van der Waals surface area contributed by atoms with E-state index in [-0.39, 0.29) is 18.0 Å². The van der Waals surface area contributed by atoms with Crippen molar-refractivity contribution in [3.8, 4) is 0 Å². The lowest BCUT2D eigenvalue weighted by Gasteiger charge is -2.30. The van der Waals surface area contributed by atoms with E-state index in [9.17, 15) is 18.0 Å². The fraction of sp³-hybridized carbons (Fsp3) is 0.435. The molecule has 3 rings (SSSR count). The van der Waals surface area contributed by atoms with Crippen molar-refractivity contribution < 1.29 is 22.7 Å². The number of carbonyl (C=O) groups is 2. The summed E-state index contributed by atoms with van der Waals surface area (Å²) in [5.41, 5.74) is 3.71. The van der Waals surface area contributed by atoms with Crippen molar-refractivity contribution in [3.05, 3.63) is 53.3 Å². The summed E-state index contributed by atoms with van der Waals surface area (Å²) in [6.07, 6.45) is 2.54. The number of hydrogen-bond acceptors (Lipinski definition) is 6. The molecule has 1 fully saturated rings. The number of ether oxygens (including phenoxy) is 1. The number of esters is 1. The van der Waals surface area contributed by atoms with E-state index in [0.717, 1.165) is 22.4 Å². The quantitative estimate of drug-likeness (QED) is 0.666. The maximum absolute atomic E-state index is 12.7. The number of rotatable bonds is 6. The van der Waals surface area contributed by atoms with Crippen molar-refractivity contribution in [2.45, 2.75) is 51.5 Å². The molecular formula is C23H29N3O5S. The van der Waals surface area contributed by atoms with E-state index in [1.165, 1.54) is 29.7 Å². The smallest absolute Gasteiger partial charge is 0.309 e. The fourth-order valence-corrected chi connectivity index (χ4v) is 5.34. The van der Waals surface area contributed by atoms with Crippen molar-refractivity contribution >= 4 is 27.6 Å². The van der Waals surface area contributed by atoms with Gasteiger partial charge in [-0.3, -0.25) is 14.6 Å². The molecule has 1 atom stereocenters. The maximum atomic E-state index is 12.7. The zero-order chi connectivity index (χ0) is 23.5. The van der Waals surface area contributed by atoms with E-state index in [1.807, 2.05) is 32.9 Å². The van der Waals surface area contributed by atoms with Crippen molar-refractivity contribution in [1.82, 2.24) is 9.29 Å². The van der Waals surface area contributed by atoms with E-state index in [1.54, 1.807) is 6.07 Å². The second-order valence-electron chi connectivity index (χ2n) is 8.21. The van der Waals surface area contributed by atoms with Crippen LogP contribution in [-0.2, 0) is 24.3 Å². The third kappa shape index (κ3) is 5.34. The SMILES string of the molecule is Cc1cc(C)c(NC(=O)C(C)OC(=O)C2CCN(S(=O)(=O)c3cccnc3)CC2)c(C)c1. The standard InChI is InChI=1S/C23H29N3O5S/c1-15-12-16(2)21(17(3)13-15)25-22(27)18(4)31-23(28)19-7-10-26(11-8-19)32(29,30)20-6-5-9-24-14-20/h5-6,9,12-14,18-19H,7-8,10-11H2,1-4H3,(H,25,27). The van der Waals surface area contributed by atoms with E-state index in [4.69, 9.17) is 4.74 Å². The predicted molar refractivity (Wildman–Crippen MR) is 121 cm³/mol. The summed E-state index contributed by atoms with van der Waals surface area (Å²) in [6, 6.07) is 7.03. The summed E-state index contributed by atoms with van der Waals surface area (Å²) >= 11 is 0. The van der Waals surface area contributed by atoms with Crippen LogP contribution in [0, 0.1) is 26.7 Å². The van der Waals surface area contributed by atoms with E-state index < -0.39 is 33.9 Å². The first kappa shape index (κ1) is 23.9. The summed E-state index contributed by atoms with van der Waals surface area (Å²) in [6.45, 7) is 7.77. The summed E-state index contributed by atoms with van der Waals surface area (Å²) < 4.78 is 32.2. The minimum atomic E-state index is -3.64. The van der Waals surface area contributed by atoms with Crippen LogP contribution in [0.25, 0.3) is 0 Å². The largest absolute Gasteiger partial charge is 0.452 e. The number of aryl methyl sites for hydroxylation is 3.